The molecular formula is C12H17N3O. The van der Waals surface area contributed by atoms with E-state index in [1.54, 1.807) is 0 Å². The summed E-state index contributed by atoms with van der Waals surface area (Å²) in [6, 6.07) is 6.18. The number of nitrogens with zero attached hydrogens (tertiary/aromatic N) is 1. The highest BCUT2D eigenvalue weighted by Gasteiger charge is 2.15. The SMILES string of the molecule is CNC(c1ccc2oc(C)nc2c1)C(C)N. The number of fused-ring (bicyclic) bond motifs is 1. The quantitative estimate of drug-likeness (QED) is 0.825. The number of rotatable bonds is 3. The smallest absolute Gasteiger partial charge is 0.192 e. The molecule has 1 aromatic heterocycles. The fourth-order valence-electron chi connectivity index (χ4n) is 1.99. The Morgan fingerprint density at radius 3 is 2.81 bits per heavy atom. The van der Waals surface area contributed by atoms with Crippen molar-refractivity contribution in [2.45, 2.75) is 25.9 Å². The third-order valence-corrected chi connectivity index (χ3v) is 2.71. The Morgan fingerprint density at radius 1 is 1.44 bits per heavy atom. The lowest BCUT2D eigenvalue weighted by Gasteiger charge is -2.20. The number of nitrogens with two attached hydrogens (primary N) is 1. The summed E-state index contributed by atoms with van der Waals surface area (Å²) < 4.78 is 5.43. The molecule has 2 rings (SSSR count). The van der Waals surface area contributed by atoms with Gasteiger partial charge in [-0.3, -0.25) is 0 Å². The van der Waals surface area contributed by atoms with Gasteiger partial charge in [0, 0.05) is 19.0 Å². The van der Waals surface area contributed by atoms with Crippen molar-refractivity contribution in [2.24, 2.45) is 5.73 Å². The van der Waals surface area contributed by atoms with E-state index in [2.05, 4.69) is 10.3 Å². The van der Waals surface area contributed by atoms with Crippen LogP contribution in [0.1, 0.15) is 24.4 Å². The van der Waals surface area contributed by atoms with Crippen LogP contribution in [-0.4, -0.2) is 18.1 Å². The van der Waals surface area contributed by atoms with Crippen LogP contribution < -0.4 is 11.1 Å². The molecule has 2 atom stereocenters. The maximum Gasteiger partial charge on any atom is 0.192 e. The van der Waals surface area contributed by atoms with Gasteiger partial charge in [0.25, 0.3) is 0 Å². The van der Waals surface area contributed by atoms with Gasteiger partial charge in [-0.2, -0.15) is 0 Å². The van der Waals surface area contributed by atoms with Crippen LogP contribution >= 0.6 is 0 Å². The molecule has 0 amide bonds. The molecule has 4 heteroatoms. The molecule has 0 aliphatic heterocycles. The molecule has 16 heavy (non-hydrogen) atoms. The van der Waals surface area contributed by atoms with E-state index in [0.29, 0.717) is 5.89 Å². The van der Waals surface area contributed by atoms with Gasteiger partial charge in [-0.05, 0) is 31.7 Å². The lowest BCUT2D eigenvalue weighted by molar-refractivity contribution is 0.504. The minimum absolute atomic E-state index is 0.0513. The molecule has 0 saturated carbocycles. The summed E-state index contributed by atoms with van der Waals surface area (Å²) in [7, 11) is 1.91. The van der Waals surface area contributed by atoms with E-state index in [9.17, 15) is 0 Å². The highest BCUT2D eigenvalue weighted by atomic mass is 16.3. The predicted octanol–water partition coefficient (Wildman–Crippen LogP) is 1.74. The third-order valence-electron chi connectivity index (χ3n) is 2.71. The van der Waals surface area contributed by atoms with E-state index in [4.69, 9.17) is 10.2 Å². The van der Waals surface area contributed by atoms with Crippen molar-refractivity contribution in [1.82, 2.24) is 10.3 Å². The third kappa shape index (κ3) is 1.94. The largest absolute Gasteiger partial charge is 0.441 e. The fourth-order valence-corrected chi connectivity index (χ4v) is 1.99. The van der Waals surface area contributed by atoms with Gasteiger partial charge in [0.1, 0.15) is 5.52 Å². The Labute approximate surface area is 94.8 Å². The minimum Gasteiger partial charge on any atom is -0.441 e. The Hall–Kier alpha value is -1.39. The van der Waals surface area contributed by atoms with Crippen LogP contribution in [0.4, 0.5) is 0 Å². The van der Waals surface area contributed by atoms with Crippen molar-refractivity contribution < 1.29 is 4.42 Å². The molecular weight excluding hydrogens is 202 g/mol. The first kappa shape index (κ1) is 11.1. The number of hydrogen-bond donors (Lipinski definition) is 2. The summed E-state index contributed by atoms with van der Waals surface area (Å²) >= 11 is 0. The maximum atomic E-state index is 5.92. The van der Waals surface area contributed by atoms with Crippen molar-refractivity contribution in [3.05, 3.63) is 29.7 Å². The van der Waals surface area contributed by atoms with E-state index in [-0.39, 0.29) is 12.1 Å². The number of nitrogens with one attached hydrogen (secondary N) is 1. The van der Waals surface area contributed by atoms with Crippen molar-refractivity contribution in [3.8, 4) is 0 Å². The van der Waals surface area contributed by atoms with Crippen LogP contribution in [0.15, 0.2) is 22.6 Å². The molecule has 0 spiro atoms. The summed E-state index contributed by atoms with van der Waals surface area (Å²) in [6.07, 6.45) is 0. The zero-order valence-electron chi connectivity index (χ0n) is 9.82. The van der Waals surface area contributed by atoms with E-state index in [1.165, 1.54) is 0 Å². The van der Waals surface area contributed by atoms with Crippen LogP contribution in [-0.2, 0) is 0 Å². The van der Waals surface area contributed by atoms with E-state index < -0.39 is 0 Å². The standard InChI is InChI=1S/C12H17N3O/c1-7(13)12(14-3)9-4-5-11-10(6-9)15-8(2)16-11/h4-7,12,14H,13H2,1-3H3. The molecule has 4 nitrogen and oxygen atoms in total. The Morgan fingerprint density at radius 2 is 2.19 bits per heavy atom. The second-order valence-corrected chi connectivity index (χ2v) is 4.09. The second-order valence-electron chi connectivity index (χ2n) is 4.09. The van der Waals surface area contributed by atoms with Gasteiger partial charge < -0.3 is 15.5 Å². The first-order valence-electron chi connectivity index (χ1n) is 5.41. The zero-order valence-corrected chi connectivity index (χ0v) is 9.82. The molecule has 1 heterocycles. The number of aromatic nitrogens is 1. The molecule has 0 aliphatic rings. The first-order chi connectivity index (χ1) is 7.61. The van der Waals surface area contributed by atoms with E-state index >= 15 is 0 Å². The van der Waals surface area contributed by atoms with Gasteiger partial charge in [-0.1, -0.05) is 6.07 Å². The average molecular weight is 219 g/mol. The molecule has 0 fully saturated rings. The second kappa shape index (κ2) is 4.23. The average Bonchev–Trinajstić information content (AvgIpc) is 2.57. The van der Waals surface area contributed by atoms with Crippen molar-refractivity contribution in [2.75, 3.05) is 7.05 Å². The first-order valence-corrected chi connectivity index (χ1v) is 5.41. The Balaban J connectivity index is 2.44. The number of likely N-dealkylation sites (N-methyl/N-ethyl adjacent to an activating group) is 1. The van der Waals surface area contributed by atoms with Gasteiger partial charge in [0.2, 0.25) is 0 Å². The molecule has 2 unspecified atom stereocenters. The molecule has 1 aromatic carbocycles. The number of benzene rings is 1. The molecule has 86 valence electrons. The molecule has 3 N–H and O–H groups in total. The van der Waals surface area contributed by atoms with Crippen molar-refractivity contribution in [3.63, 3.8) is 0 Å². The highest BCUT2D eigenvalue weighted by Crippen LogP contribution is 2.22. The summed E-state index contributed by atoms with van der Waals surface area (Å²) in [5, 5.41) is 3.21. The summed E-state index contributed by atoms with van der Waals surface area (Å²) in [5.74, 6) is 0.689. The number of hydrogen-bond acceptors (Lipinski definition) is 4. The molecule has 2 aromatic rings. The van der Waals surface area contributed by atoms with E-state index in [1.807, 2.05) is 39.1 Å². The van der Waals surface area contributed by atoms with Gasteiger partial charge in [-0.15, -0.1) is 0 Å². The monoisotopic (exact) mass is 219 g/mol. The van der Waals surface area contributed by atoms with Crippen LogP contribution in [0.25, 0.3) is 11.1 Å². The molecule has 0 bridgehead atoms. The van der Waals surface area contributed by atoms with E-state index in [0.717, 1.165) is 16.7 Å². The van der Waals surface area contributed by atoms with Crippen molar-refractivity contribution in [1.29, 1.82) is 0 Å². The lowest BCUT2D eigenvalue weighted by Crippen LogP contribution is -2.33. The molecule has 0 aliphatic carbocycles. The van der Waals surface area contributed by atoms with Crippen LogP contribution in [0.2, 0.25) is 0 Å². The van der Waals surface area contributed by atoms with Crippen LogP contribution in [0, 0.1) is 6.92 Å². The minimum atomic E-state index is 0.0513. The lowest BCUT2D eigenvalue weighted by atomic mass is 10.0. The zero-order chi connectivity index (χ0) is 11.7. The van der Waals surface area contributed by atoms with Gasteiger partial charge in [-0.25, -0.2) is 4.98 Å². The molecule has 0 radical (unpaired) electrons. The van der Waals surface area contributed by atoms with Crippen LogP contribution in [0.3, 0.4) is 0 Å². The van der Waals surface area contributed by atoms with Gasteiger partial charge >= 0.3 is 0 Å². The van der Waals surface area contributed by atoms with Crippen molar-refractivity contribution >= 4 is 11.1 Å². The highest BCUT2D eigenvalue weighted by molar-refractivity contribution is 5.73. The topological polar surface area (TPSA) is 64.1 Å². The Kier molecular flexibility index (Phi) is 2.94. The Bertz CT molecular complexity index is 490. The normalized spacial score (nSPS) is 15.2. The maximum absolute atomic E-state index is 5.92. The number of oxazole rings is 1. The summed E-state index contributed by atoms with van der Waals surface area (Å²) in [5.41, 5.74) is 8.76. The fraction of sp³-hybridized carbons (Fsp3) is 0.417. The summed E-state index contributed by atoms with van der Waals surface area (Å²) in [6.45, 7) is 3.83. The predicted molar refractivity (Wildman–Crippen MR) is 64.2 cm³/mol. The van der Waals surface area contributed by atoms with Gasteiger partial charge in [0.05, 0.1) is 0 Å². The summed E-state index contributed by atoms with van der Waals surface area (Å²) in [4.78, 5) is 4.31. The molecule has 0 saturated heterocycles. The number of aryl methyl sites for hydroxylation is 1. The van der Waals surface area contributed by atoms with Crippen LogP contribution in [0.5, 0.6) is 0 Å². The van der Waals surface area contributed by atoms with Gasteiger partial charge in [0.15, 0.2) is 11.5 Å².